The second-order valence-corrected chi connectivity index (χ2v) is 5.47. The molecule has 1 fully saturated rings. The summed E-state index contributed by atoms with van der Waals surface area (Å²) in [7, 11) is 0. The number of halogens is 1. The van der Waals surface area contributed by atoms with Gasteiger partial charge in [0.2, 0.25) is 5.91 Å². The number of likely N-dealkylation sites (tertiary alicyclic amines) is 1. The molecule has 0 bridgehead atoms. The lowest BCUT2D eigenvalue weighted by Gasteiger charge is -2.21. The number of aromatic amines is 1. The van der Waals surface area contributed by atoms with Crippen molar-refractivity contribution in [1.29, 1.82) is 0 Å². The van der Waals surface area contributed by atoms with Crippen LogP contribution >= 0.6 is 15.9 Å². The van der Waals surface area contributed by atoms with E-state index in [0.717, 1.165) is 17.4 Å². The monoisotopic (exact) mass is 313 g/mol. The van der Waals surface area contributed by atoms with Crippen molar-refractivity contribution in [2.45, 2.75) is 25.8 Å². The Balaban J connectivity index is 1.85. The summed E-state index contributed by atoms with van der Waals surface area (Å²) in [6, 6.07) is 1.67. The Hall–Kier alpha value is -1.30. The van der Waals surface area contributed by atoms with Gasteiger partial charge in [-0.1, -0.05) is 0 Å². The molecule has 5 nitrogen and oxygen atoms in total. The van der Waals surface area contributed by atoms with Crippen LogP contribution in [0, 0.1) is 0 Å². The molecule has 1 aliphatic heterocycles. The molecule has 98 valence electrons. The van der Waals surface area contributed by atoms with Crippen LogP contribution in [0.15, 0.2) is 16.7 Å². The predicted octanol–water partition coefficient (Wildman–Crippen LogP) is 1.52. The summed E-state index contributed by atoms with van der Waals surface area (Å²) in [5.74, 6) is 0.0264. The summed E-state index contributed by atoms with van der Waals surface area (Å²) in [6.45, 7) is 3.28. The van der Waals surface area contributed by atoms with Crippen LogP contribution in [-0.2, 0) is 4.79 Å². The van der Waals surface area contributed by atoms with E-state index in [2.05, 4.69) is 26.2 Å². The fraction of sp³-hybridized carbons (Fsp3) is 0.500. The van der Waals surface area contributed by atoms with Crippen molar-refractivity contribution in [2.75, 3.05) is 13.1 Å². The molecular formula is C12H16BrN3O2. The number of aromatic nitrogens is 1. The van der Waals surface area contributed by atoms with Crippen LogP contribution in [0.3, 0.4) is 0 Å². The Labute approximate surface area is 114 Å². The van der Waals surface area contributed by atoms with E-state index in [1.165, 1.54) is 0 Å². The number of carbonyl (C=O) groups excluding carboxylic acids is 2. The number of carbonyl (C=O) groups is 2. The van der Waals surface area contributed by atoms with Gasteiger partial charge in [-0.25, -0.2) is 0 Å². The highest BCUT2D eigenvalue weighted by Gasteiger charge is 2.22. The third kappa shape index (κ3) is 3.13. The first-order valence-corrected chi connectivity index (χ1v) is 6.78. The minimum Gasteiger partial charge on any atom is -0.356 e. The number of H-pyrrole nitrogens is 1. The molecule has 1 aliphatic rings. The van der Waals surface area contributed by atoms with Crippen LogP contribution in [0.5, 0.6) is 0 Å². The van der Waals surface area contributed by atoms with Crippen LogP contribution in [0.2, 0.25) is 0 Å². The number of amides is 2. The van der Waals surface area contributed by atoms with Gasteiger partial charge in [0.1, 0.15) is 5.69 Å². The van der Waals surface area contributed by atoms with Gasteiger partial charge in [0.15, 0.2) is 0 Å². The Morgan fingerprint density at radius 3 is 3.00 bits per heavy atom. The first-order chi connectivity index (χ1) is 8.56. The molecular weight excluding hydrogens is 298 g/mol. The second-order valence-electron chi connectivity index (χ2n) is 4.55. The first-order valence-electron chi connectivity index (χ1n) is 5.99. The van der Waals surface area contributed by atoms with E-state index in [0.29, 0.717) is 18.7 Å². The van der Waals surface area contributed by atoms with Gasteiger partial charge in [-0.15, -0.1) is 0 Å². The number of hydrogen-bond acceptors (Lipinski definition) is 2. The van der Waals surface area contributed by atoms with Gasteiger partial charge >= 0.3 is 0 Å². The molecule has 1 atom stereocenters. The SMILES string of the molecule is CC(CN1CCCC1=O)NC(=O)c1cc(Br)c[nH]1. The lowest BCUT2D eigenvalue weighted by molar-refractivity contribution is -0.127. The highest BCUT2D eigenvalue weighted by atomic mass is 79.9. The van der Waals surface area contributed by atoms with E-state index < -0.39 is 0 Å². The Morgan fingerprint density at radius 2 is 2.44 bits per heavy atom. The third-order valence-electron chi connectivity index (χ3n) is 2.94. The minimum atomic E-state index is -0.153. The van der Waals surface area contributed by atoms with Crippen molar-refractivity contribution in [2.24, 2.45) is 0 Å². The predicted molar refractivity (Wildman–Crippen MR) is 71.2 cm³/mol. The van der Waals surface area contributed by atoms with Gasteiger partial charge in [-0.3, -0.25) is 9.59 Å². The minimum absolute atomic E-state index is 0.0541. The lowest BCUT2D eigenvalue weighted by Crippen LogP contribution is -2.42. The average Bonchev–Trinajstić information content (AvgIpc) is 2.89. The maximum atomic E-state index is 11.9. The molecule has 1 saturated heterocycles. The number of hydrogen-bond donors (Lipinski definition) is 2. The summed E-state index contributed by atoms with van der Waals surface area (Å²) in [6.07, 6.45) is 3.26. The Morgan fingerprint density at radius 1 is 1.67 bits per heavy atom. The standard InChI is InChI=1S/C12H16BrN3O2/c1-8(7-16-4-2-3-11(16)17)15-12(18)10-5-9(13)6-14-10/h5-6,8,14H,2-4,7H2,1H3,(H,15,18). The molecule has 1 unspecified atom stereocenters. The molecule has 6 heteroatoms. The van der Waals surface area contributed by atoms with Gasteiger partial charge in [0.05, 0.1) is 0 Å². The average molecular weight is 314 g/mol. The van der Waals surface area contributed by atoms with Gasteiger partial charge in [0.25, 0.3) is 5.91 Å². The summed E-state index contributed by atoms with van der Waals surface area (Å²) in [5, 5.41) is 2.87. The first kappa shape index (κ1) is 13.1. The molecule has 1 aromatic heterocycles. The van der Waals surface area contributed by atoms with Crippen LogP contribution in [0.25, 0.3) is 0 Å². The molecule has 2 rings (SSSR count). The zero-order chi connectivity index (χ0) is 13.1. The summed E-state index contributed by atoms with van der Waals surface area (Å²) < 4.78 is 0.843. The van der Waals surface area contributed by atoms with E-state index in [-0.39, 0.29) is 17.9 Å². The van der Waals surface area contributed by atoms with Crippen LogP contribution in [0.4, 0.5) is 0 Å². The Kier molecular flexibility index (Phi) is 4.06. The van der Waals surface area contributed by atoms with Gasteiger partial charge in [-0.2, -0.15) is 0 Å². The maximum Gasteiger partial charge on any atom is 0.268 e. The largest absolute Gasteiger partial charge is 0.356 e. The lowest BCUT2D eigenvalue weighted by atomic mass is 10.3. The van der Waals surface area contributed by atoms with E-state index in [1.807, 2.05) is 6.92 Å². The van der Waals surface area contributed by atoms with Crippen molar-refractivity contribution in [1.82, 2.24) is 15.2 Å². The third-order valence-corrected chi connectivity index (χ3v) is 3.39. The highest BCUT2D eigenvalue weighted by molar-refractivity contribution is 9.10. The second kappa shape index (κ2) is 5.56. The van der Waals surface area contributed by atoms with E-state index >= 15 is 0 Å². The summed E-state index contributed by atoms with van der Waals surface area (Å²) in [5.41, 5.74) is 0.515. The van der Waals surface area contributed by atoms with Crippen molar-refractivity contribution in [3.05, 3.63) is 22.4 Å². The number of nitrogens with zero attached hydrogens (tertiary/aromatic N) is 1. The number of rotatable bonds is 4. The molecule has 0 spiro atoms. The highest BCUT2D eigenvalue weighted by Crippen LogP contribution is 2.12. The quantitative estimate of drug-likeness (QED) is 0.885. The zero-order valence-corrected chi connectivity index (χ0v) is 11.8. The molecule has 0 aromatic carbocycles. The molecule has 0 radical (unpaired) electrons. The van der Waals surface area contributed by atoms with Crippen molar-refractivity contribution >= 4 is 27.7 Å². The molecule has 18 heavy (non-hydrogen) atoms. The maximum absolute atomic E-state index is 11.9. The smallest absolute Gasteiger partial charge is 0.268 e. The molecule has 2 N–H and O–H groups in total. The van der Waals surface area contributed by atoms with Crippen molar-refractivity contribution in [3.8, 4) is 0 Å². The number of nitrogens with one attached hydrogen (secondary N) is 2. The van der Waals surface area contributed by atoms with E-state index in [1.54, 1.807) is 17.2 Å². The van der Waals surface area contributed by atoms with E-state index in [4.69, 9.17) is 0 Å². The Bertz CT molecular complexity index is 458. The van der Waals surface area contributed by atoms with Crippen molar-refractivity contribution < 1.29 is 9.59 Å². The van der Waals surface area contributed by atoms with Crippen LogP contribution in [-0.4, -0.2) is 40.8 Å². The molecule has 0 aliphatic carbocycles. The van der Waals surface area contributed by atoms with Gasteiger partial charge in [-0.05, 0) is 35.3 Å². The summed E-state index contributed by atoms with van der Waals surface area (Å²) >= 11 is 3.28. The van der Waals surface area contributed by atoms with Crippen LogP contribution < -0.4 is 5.32 Å². The molecule has 1 aromatic rings. The van der Waals surface area contributed by atoms with E-state index in [9.17, 15) is 9.59 Å². The topological polar surface area (TPSA) is 65.2 Å². The fourth-order valence-corrected chi connectivity index (χ4v) is 2.42. The van der Waals surface area contributed by atoms with Crippen molar-refractivity contribution in [3.63, 3.8) is 0 Å². The normalized spacial score (nSPS) is 17.0. The zero-order valence-electron chi connectivity index (χ0n) is 10.2. The fourth-order valence-electron chi connectivity index (χ4n) is 2.07. The van der Waals surface area contributed by atoms with Gasteiger partial charge < -0.3 is 15.2 Å². The molecule has 2 amide bonds. The summed E-state index contributed by atoms with van der Waals surface area (Å²) in [4.78, 5) is 28.0. The van der Waals surface area contributed by atoms with Crippen LogP contribution in [0.1, 0.15) is 30.3 Å². The molecule has 2 heterocycles. The van der Waals surface area contributed by atoms with Gasteiger partial charge in [0, 0.05) is 36.2 Å². The molecule has 0 saturated carbocycles.